The first-order valence-electron chi connectivity index (χ1n) is 11.2. The van der Waals surface area contributed by atoms with Crippen molar-refractivity contribution < 1.29 is 9.53 Å². The van der Waals surface area contributed by atoms with E-state index in [-0.39, 0.29) is 5.91 Å². The number of pyridine rings is 1. The average molecular weight is 505 g/mol. The fourth-order valence-electron chi connectivity index (χ4n) is 4.11. The van der Waals surface area contributed by atoms with E-state index in [4.69, 9.17) is 35.1 Å². The van der Waals surface area contributed by atoms with E-state index >= 15 is 0 Å². The summed E-state index contributed by atoms with van der Waals surface area (Å²) in [5, 5.41) is 1.07. The van der Waals surface area contributed by atoms with E-state index in [1.807, 2.05) is 62.1 Å². The van der Waals surface area contributed by atoms with E-state index in [1.54, 1.807) is 29.4 Å². The molecule has 0 unspecified atom stereocenters. The summed E-state index contributed by atoms with van der Waals surface area (Å²) in [7, 11) is 0. The highest BCUT2D eigenvalue weighted by Crippen LogP contribution is 2.35. The third-order valence-corrected chi connectivity index (χ3v) is 6.82. The highest BCUT2D eigenvalue weighted by molar-refractivity contribution is 7.80. The molecule has 6 nitrogen and oxygen atoms in total. The summed E-state index contributed by atoms with van der Waals surface area (Å²) in [5.74, 6) is 0.598. The van der Waals surface area contributed by atoms with Crippen LogP contribution in [0.25, 0.3) is 16.0 Å². The number of carbonyl (C=O) groups excluding carboxylic acids is 1. The summed E-state index contributed by atoms with van der Waals surface area (Å²) >= 11 is 12.2. The van der Waals surface area contributed by atoms with Gasteiger partial charge in [-0.05, 0) is 93.0 Å². The molecule has 1 aromatic heterocycles. The predicted octanol–water partition coefficient (Wildman–Crippen LogP) is 6.44. The Morgan fingerprint density at radius 1 is 1.14 bits per heavy atom. The maximum absolute atomic E-state index is 13.2. The lowest BCUT2D eigenvalue weighted by Gasteiger charge is -2.29. The molecule has 1 saturated heterocycles. The van der Waals surface area contributed by atoms with Gasteiger partial charge in [0.15, 0.2) is 10.8 Å². The maximum Gasteiger partial charge on any atom is 0.258 e. The Hall–Kier alpha value is -3.47. The number of hydrogen-bond donors (Lipinski definition) is 0. The number of nitrogens with zero attached hydrogens (tertiary/aromatic N) is 4. The second-order valence-electron chi connectivity index (χ2n) is 8.80. The molecule has 1 fully saturated rings. The van der Waals surface area contributed by atoms with Gasteiger partial charge in [-0.1, -0.05) is 17.7 Å². The molecule has 3 aromatic rings. The van der Waals surface area contributed by atoms with Crippen LogP contribution in [-0.4, -0.2) is 39.6 Å². The van der Waals surface area contributed by atoms with Gasteiger partial charge in [0.2, 0.25) is 0 Å². The van der Waals surface area contributed by atoms with Crippen molar-refractivity contribution in [3.8, 4) is 16.9 Å². The van der Waals surface area contributed by atoms with Gasteiger partial charge in [-0.3, -0.25) is 14.7 Å². The van der Waals surface area contributed by atoms with Crippen molar-refractivity contribution in [2.45, 2.75) is 32.7 Å². The van der Waals surface area contributed by atoms with Gasteiger partial charge in [0.25, 0.3) is 5.91 Å². The number of halogens is 1. The molecular weight excluding hydrogens is 480 g/mol. The average Bonchev–Trinajstić information content (AvgIpc) is 3.01. The van der Waals surface area contributed by atoms with Gasteiger partial charge >= 0.3 is 0 Å². The minimum atomic E-state index is -0.779. The summed E-state index contributed by atoms with van der Waals surface area (Å²) in [6.07, 6.45) is 4.13. The van der Waals surface area contributed by atoms with Crippen LogP contribution in [0, 0.1) is 13.5 Å². The Balaban J connectivity index is 1.39. The molecule has 0 N–H and O–H groups in total. The largest absolute Gasteiger partial charge is 0.493 e. The molecule has 0 radical (unpaired) electrons. The fraction of sp³-hybridized carbons (Fsp3) is 0.259. The smallest absolute Gasteiger partial charge is 0.258 e. The zero-order chi connectivity index (χ0) is 25.2. The Labute approximate surface area is 215 Å². The van der Waals surface area contributed by atoms with Crippen molar-refractivity contribution in [3.63, 3.8) is 0 Å². The van der Waals surface area contributed by atoms with Crippen molar-refractivity contribution in [2.75, 3.05) is 18.1 Å². The first-order valence-corrected chi connectivity index (χ1v) is 12.0. The third-order valence-electron chi connectivity index (χ3n) is 6.11. The van der Waals surface area contributed by atoms with Gasteiger partial charge in [0, 0.05) is 30.2 Å². The lowest BCUT2D eigenvalue weighted by Crippen LogP contribution is -2.44. The summed E-state index contributed by atoms with van der Waals surface area (Å²) in [5.41, 5.74) is 3.19. The van der Waals surface area contributed by atoms with Crippen molar-refractivity contribution in [3.05, 3.63) is 82.9 Å². The number of ether oxygens (including phenoxy) is 1. The van der Waals surface area contributed by atoms with Gasteiger partial charge in [-0.25, -0.2) is 4.85 Å². The number of amides is 1. The monoisotopic (exact) mass is 504 g/mol. The summed E-state index contributed by atoms with van der Waals surface area (Å²) in [6.45, 7) is 13.9. The van der Waals surface area contributed by atoms with Crippen LogP contribution in [0.3, 0.4) is 0 Å². The highest BCUT2D eigenvalue weighted by atomic mass is 35.5. The number of carbonyl (C=O) groups is 1. The molecule has 178 valence electrons. The van der Waals surface area contributed by atoms with Gasteiger partial charge in [-0.15, -0.1) is 0 Å². The Morgan fingerprint density at radius 3 is 2.54 bits per heavy atom. The van der Waals surface area contributed by atoms with E-state index in [9.17, 15) is 4.79 Å². The van der Waals surface area contributed by atoms with E-state index in [2.05, 4.69) is 9.83 Å². The topological polar surface area (TPSA) is 50.0 Å². The molecule has 1 aliphatic rings. The Kier molecular flexibility index (Phi) is 7.06. The van der Waals surface area contributed by atoms with Crippen LogP contribution in [-0.2, 0) is 4.79 Å². The standard InChI is InChI=1S/C27H25ClN4O2S/c1-18-16-20(6-9-24(18)29-4)32-25(33)27(2,3)31(26(32)35)14-5-15-34-21-7-8-22(23(28)17-21)19-10-12-30-13-11-19/h6-13,16-17H,5,14-15H2,1-3H3. The van der Waals surface area contributed by atoms with Crippen LogP contribution in [0.4, 0.5) is 11.4 Å². The van der Waals surface area contributed by atoms with Gasteiger partial charge in [0.05, 0.1) is 18.2 Å². The number of benzene rings is 2. The van der Waals surface area contributed by atoms with E-state index in [1.165, 1.54) is 0 Å². The second-order valence-corrected chi connectivity index (χ2v) is 9.57. The first-order chi connectivity index (χ1) is 16.7. The fourth-order valence-corrected chi connectivity index (χ4v) is 4.89. The molecule has 0 saturated carbocycles. The maximum atomic E-state index is 13.2. The number of hydrogen-bond acceptors (Lipinski definition) is 4. The van der Waals surface area contributed by atoms with Crippen LogP contribution in [0.5, 0.6) is 5.75 Å². The SMILES string of the molecule is [C-]#[N+]c1ccc(N2C(=O)C(C)(C)N(CCCOc3ccc(-c4ccncc4)c(Cl)c3)C2=S)cc1C. The van der Waals surface area contributed by atoms with E-state index in [0.29, 0.717) is 46.8 Å². The summed E-state index contributed by atoms with van der Waals surface area (Å²) in [4.78, 5) is 24.3. The highest BCUT2D eigenvalue weighted by Gasteiger charge is 2.49. The molecule has 8 heteroatoms. The molecule has 2 aromatic carbocycles. The van der Waals surface area contributed by atoms with Crippen LogP contribution < -0.4 is 9.64 Å². The minimum absolute atomic E-state index is 0.0862. The molecule has 1 aliphatic heterocycles. The minimum Gasteiger partial charge on any atom is -0.493 e. The normalized spacial score (nSPS) is 14.8. The Morgan fingerprint density at radius 2 is 1.89 bits per heavy atom. The van der Waals surface area contributed by atoms with Crippen molar-refractivity contribution in [2.24, 2.45) is 0 Å². The van der Waals surface area contributed by atoms with Crippen LogP contribution in [0.15, 0.2) is 60.9 Å². The summed E-state index contributed by atoms with van der Waals surface area (Å²) in [6, 6.07) is 14.8. The van der Waals surface area contributed by atoms with Crippen LogP contribution >= 0.6 is 23.8 Å². The molecule has 0 bridgehead atoms. The lowest BCUT2D eigenvalue weighted by molar-refractivity contribution is -0.123. The van der Waals surface area contributed by atoms with Crippen LogP contribution in [0.1, 0.15) is 25.8 Å². The van der Waals surface area contributed by atoms with Crippen LogP contribution in [0.2, 0.25) is 5.02 Å². The Bertz CT molecular complexity index is 1320. The first kappa shape index (κ1) is 24.6. The molecule has 0 aliphatic carbocycles. The number of thiocarbonyl (C=S) groups is 1. The van der Waals surface area contributed by atoms with Gasteiger partial charge in [0.1, 0.15) is 11.3 Å². The van der Waals surface area contributed by atoms with Gasteiger partial charge < -0.3 is 9.64 Å². The summed E-state index contributed by atoms with van der Waals surface area (Å²) < 4.78 is 5.93. The van der Waals surface area contributed by atoms with E-state index < -0.39 is 5.54 Å². The molecule has 1 amide bonds. The third kappa shape index (κ3) is 4.86. The van der Waals surface area contributed by atoms with E-state index in [0.717, 1.165) is 16.7 Å². The molecular formula is C27H25ClN4O2S. The zero-order valence-corrected chi connectivity index (χ0v) is 21.4. The predicted molar refractivity (Wildman–Crippen MR) is 143 cm³/mol. The quantitative estimate of drug-likeness (QED) is 0.210. The second kappa shape index (κ2) is 10.0. The van der Waals surface area contributed by atoms with Crippen molar-refractivity contribution in [1.82, 2.24) is 9.88 Å². The molecule has 35 heavy (non-hydrogen) atoms. The zero-order valence-electron chi connectivity index (χ0n) is 19.8. The number of aryl methyl sites for hydroxylation is 1. The molecule has 0 atom stereocenters. The van der Waals surface area contributed by atoms with Gasteiger partial charge in [-0.2, -0.15) is 0 Å². The van der Waals surface area contributed by atoms with Crippen molar-refractivity contribution in [1.29, 1.82) is 0 Å². The van der Waals surface area contributed by atoms with Crippen molar-refractivity contribution >= 4 is 46.2 Å². The number of rotatable bonds is 7. The number of aromatic nitrogens is 1. The number of anilines is 1. The lowest BCUT2D eigenvalue weighted by atomic mass is 10.0. The molecule has 2 heterocycles. The molecule has 4 rings (SSSR count). The molecule has 0 spiro atoms.